The van der Waals surface area contributed by atoms with E-state index in [0.29, 0.717) is 6.04 Å². The van der Waals surface area contributed by atoms with E-state index in [1.165, 1.54) is 0 Å². The summed E-state index contributed by atoms with van der Waals surface area (Å²) in [5.41, 5.74) is 10.2. The highest BCUT2D eigenvalue weighted by Gasteiger charge is 2.01. The van der Waals surface area contributed by atoms with E-state index in [1.54, 1.807) is 0 Å². The highest BCUT2D eigenvalue weighted by molar-refractivity contribution is 5.61. The lowest BCUT2D eigenvalue weighted by Gasteiger charge is -2.13. The van der Waals surface area contributed by atoms with Gasteiger partial charge in [-0.15, -0.1) is 0 Å². The minimum atomic E-state index is 0.461. The summed E-state index contributed by atoms with van der Waals surface area (Å²) in [6, 6.07) is 4.63. The van der Waals surface area contributed by atoms with Crippen molar-refractivity contribution in [2.24, 2.45) is 0 Å². The van der Waals surface area contributed by atoms with E-state index in [1.807, 2.05) is 13.8 Å². The van der Waals surface area contributed by atoms with Crippen LogP contribution in [0.15, 0.2) is 12.1 Å². The van der Waals surface area contributed by atoms with Crippen molar-refractivity contribution in [3.8, 4) is 0 Å². The number of nitrogens with one attached hydrogen (secondary N) is 1. The number of aryl methyl sites for hydroxylation is 2. The molecule has 0 unspecified atom stereocenters. The molecule has 0 saturated heterocycles. The molecule has 2 nitrogen and oxygen atoms in total. The van der Waals surface area contributed by atoms with Crippen LogP contribution in [-0.4, -0.2) is 6.04 Å². The quantitative estimate of drug-likeness (QED) is 0.683. The zero-order valence-corrected chi connectivity index (χ0v) is 8.81. The lowest BCUT2D eigenvalue weighted by Crippen LogP contribution is -2.10. The fourth-order valence-corrected chi connectivity index (χ4v) is 1.39. The van der Waals surface area contributed by atoms with Crippen LogP contribution >= 0.6 is 0 Å². The topological polar surface area (TPSA) is 38.0 Å². The first-order valence-electron chi connectivity index (χ1n) is 4.64. The van der Waals surface area contributed by atoms with Gasteiger partial charge < -0.3 is 11.1 Å². The molecule has 0 bridgehead atoms. The van der Waals surface area contributed by atoms with Gasteiger partial charge in [-0.3, -0.25) is 0 Å². The van der Waals surface area contributed by atoms with Crippen molar-refractivity contribution in [3.63, 3.8) is 0 Å². The molecular weight excluding hydrogens is 160 g/mol. The number of rotatable bonds is 2. The van der Waals surface area contributed by atoms with Gasteiger partial charge in [0.25, 0.3) is 0 Å². The van der Waals surface area contributed by atoms with Crippen LogP contribution in [0, 0.1) is 13.8 Å². The molecule has 1 aromatic carbocycles. The van der Waals surface area contributed by atoms with Gasteiger partial charge in [0.05, 0.1) is 0 Å². The molecule has 0 spiro atoms. The summed E-state index contributed by atoms with van der Waals surface area (Å²) in [7, 11) is 0. The van der Waals surface area contributed by atoms with E-state index in [0.717, 1.165) is 22.5 Å². The number of nitrogen functional groups attached to an aromatic ring is 1. The predicted molar refractivity (Wildman–Crippen MR) is 59.1 cm³/mol. The van der Waals surface area contributed by atoms with Crippen LogP contribution in [-0.2, 0) is 0 Å². The van der Waals surface area contributed by atoms with Gasteiger partial charge in [0.15, 0.2) is 0 Å². The first kappa shape index (κ1) is 9.90. The molecule has 0 aliphatic rings. The third kappa shape index (κ3) is 2.38. The Labute approximate surface area is 80.1 Å². The molecular formula is C11H18N2. The lowest BCUT2D eigenvalue weighted by atomic mass is 10.1. The molecule has 0 radical (unpaired) electrons. The van der Waals surface area contributed by atoms with Crippen molar-refractivity contribution in [2.45, 2.75) is 33.7 Å². The van der Waals surface area contributed by atoms with E-state index in [-0.39, 0.29) is 0 Å². The minimum absolute atomic E-state index is 0.461. The zero-order valence-electron chi connectivity index (χ0n) is 8.81. The zero-order chi connectivity index (χ0) is 10.0. The standard InChI is InChI=1S/C11H18N2/c1-7(2)13-10-5-8(3)11(12)9(4)6-10/h5-7,13H,12H2,1-4H3. The Hall–Kier alpha value is -1.18. The molecule has 0 amide bonds. The van der Waals surface area contributed by atoms with E-state index in [2.05, 4.69) is 31.3 Å². The second kappa shape index (κ2) is 3.69. The number of nitrogens with two attached hydrogens (primary N) is 1. The molecule has 72 valence electrons. The van der Waals surface area contributed by atoms with Gasteiger partial charge >= 0.3 is 0 Å². The van der Waals surface area contributed by atoms with Crippen molar-refractivity contribution in [3.05, 3.63) is 23.3 Å². The van der Waals surface area contributed by atoms with Crippen LogP contribution < -0.4 is 11.1 Å². The summed E-state index contributed by atoms with van der Waals surface area (Å²) in [5.74, 6) is 0. The van der Waals surface area contributed by atoms with Gasteiger partial charge in [0.2, 0.25) is 0 Å². The first-order chi connectivity index (χ1) is 6.00. The van der Waals surface area contributed by atoms with Gasteiger partial charge in [-0.05, 0) is 51.0 Å². The molecule has 2 heteroatoms. The normalized spacial score (nSPS) is 10.5. The average Bonchev–Trinajstić information content (AvgIpc) is 1.98. The molecule has 3 N–H and O–H groups in total. The van der Waals surface area contributed by atoms with Gasteiger partial charge in [0, 0.05) is 17.4 Å². The summed E-state index contributed by atoms with van der Waals surface area (Å²) in [5, 5.41) is 3.36. The van der Waals surface area contributed by atoms with Crippen LogP contribution in [0.2, 0.25) is 0 Å². The van der Waals surface area contributed by atoms with E-state index >= 15 is 0 Å². The summed E-state index contributed by atoms with van der Waals surface area (Å²) in [6.45, 7) is 8.32. The highest BCUT2D eigenvalue weighted by Crippen LogP contribution is 2.22. The van der Waals surface area contributed by atoms with Gasteiger partial charge in [-0.2, -0.15) is 0 Å². The molecule has 0 saturated carbocycles. The Balaban J connectivity index is 2.99. The maximum atomic E-state index is 5.85. The van der Waals surface area contributed by atoms with Crippen LogP contribution in [0.5, 0.6) is 0 Å². The number of hydrogen-bond donors (Lipinski definition) is 2. The predicted octanol–water partition coefficient (Wildman–Crippen LogP) is 2.71. The Bertz CT molecular complexity index is 280. The first-order valence-corrected chi connectivity index (χ1v) is 4.64. The Kier molecular flexibility index (Phi) is 2.81. The molecule has 0 aliphatic heterocycles. The fraction of sp³-hybridized carbons (Fsp3) is 0.455. The van der Waals surface area contributed by atoms with Crippen molar-refractivity contribution < 1.29 is 0 Å². The molecule has 13 heavy (non-hydrogen) atoms. The number of benzene rings is 1. The maximum Gasteiger partial charge on any atom is 0.0374 e. The van der Waals surface area contributed by atoms with E-state index < -0.39 is 0 Å². The molecule has 0 aromatic heterocycles. The SMILES string of the molecule is Cc1cc(NC(C)C)cc(C)c1N. The lowest BCUT2D eigenvalue weighted by molar-refractivity contribution is 0.899. The summed E-state index contributed by atoms with van der Waals surface area (Å²) in [4.78, 5) is 0. The Morgan fingerprint density at radius 2 is 1.62 bits per heavy atom. The Morgan fingerprint density at radius 1 is 1.15 bits per heavy atom. The van der Waals surface area contributed by atoms with Crippen molar-refractivity contribution in [1.82, 2.24) is 0 Å². The second-order valence-corrected chi connectivity index (χ2v) is 3.82. The van der Waals surface area contributed by atoms with Crippen LogP contribution in [0.25, 0.3) is 0 Å². The van der Waals surface area contributed by atoms with Gasteiger partial charge in [0.1, 0.15) is 0 Å². The van der Waals surface area contributed by atoms with E-state index in [4.69, 9.17) is 5.73 Å². The van der Waals surface area contributed by atoms with Crippen molar-refractivity contribution >= 4 is 11.4 Å². The number of hydrogen-bond acceptors (Lipinski definition) is 2. The Morgan fingerprint density at radius 3 is 2.00 bits per heavy atom. The highest BCUT2D eigenvalue weighted by atomic mass is 14.9. The number of anilines is 2. The van der Waals surface area contributed by atoms with E-state index in [9.17, 15) is 0 Å². The second-order valence-electron chi connectivity index (χ2n) is 3.82. The molecule has 0 heterocycles. The third-order valence-electron chi connectivity index (χ3n) is 2.05. The molecule has 0 aliphatic carbocycles. The summed E-state index contributed by atoms with van der Waals surface area (Å²) < 4.78 is 0. The monoisotopic (exact) mass is 178 g/mol. The summed E-state index contributed by atoms with van der Waals surface area (Å²) in [6.07, 6.45) is 0. The molecule has 0 atom stereocenters. The van der Waals surface area contributed by atoms with Crippen LogP contribution in [0.3, 0.4) is 0 Å². The molecule has 0 fully saturated rings. The maximum absolute atomic E-state index is 5.85. The smallest absolute Gasteiger partial charge is 0.0374 e. The minimum Gasteiger partial charge on any atom is -0.398 e. The third-order valence-corrected chi connectivity index (χ3v) is 2.05. The largest absolute Gasteiger partial charge is 0.398 e. The fourth-order valence-electron chi connectivity index (χ4n) is 1.39. The van der Waals surface area contributed by atoms with Crippen LogP contribution in [0.4, 0.5) is 11.4 Å². The van der Waals surface area contributed by atoms with Crippen LogP contribution in [0.1, 0.15) is 25.0 Å². The average molecular weight is 178 g/mol. The molecule has 1 rings (SSSR count). The van der Waals surface area contributed by atoms with Crippen molar-refractivity contribution in [1.29, 1.82) is 0 Å². The van der Waals surface area contributed by atoms with Gasteiger partial charge in [-0.1, -0.05) is 0 Å². The summed E-state index contributed by atoms with van der Waals surface area (Å²) >= 11 is 0. The molecule has 1 aromatic rings. The van der Waals surface area contributed by atoms with Gasteiger partial charge in [-0.25, -0.2) is 0 Å². The van der Waals surface area contributed by atoms with Crippen molar-refractivity contribution in [2.75, 3.05) is 11.1 Å².